The van der Waals surface area contributed by atoms with Crippen molar-refractivity contribution in [3.05, 3.63) is 29.0 Å². The average Bonchev–Trinajstić information content (AvgIpc) is 2.46. The van der Waals surface area contributed by atoms with Crippen LogP contribution in [0, 0.1) is 0 Å². The second-order valence-corrected chi connectivity index (χ2v) is 5.09. The molecule has 7 nitrogen and oxygen atoms in total. The van der Waals surface area contributed by atoms with E-state index in [0.29, 0.717) is 30.2 Å². The van der Waals surface area contributed by atoms with Crippen LogP contribution in [-0.4, -0.2) is 48.8 Å². The lowest BCUT2D eigenvalue weighted by molar-refractivity contribution is -0.128. The van der Waals surface area contributed by atoms with E-state index in [9.17, 15) is 9.59 Å². The monoisotopic (exact) mass is 313 g/mol. The van der Waals surface area contributed by atoms with E-state index in [2.05, 4.69) is 10.3 Å². The van der Waals surface area contributed by atoms with E-state index in [0.717, 1.165) is 0 Å². The number of rotatable bonds is 5. The maximum Gasteiger partial charge on any atom is 0.253 e. The summed E-state index contributed by atoms with van der Waals surface area (Å²) in [6, 6.07) is 1.16. The Balaban J connectivity index is 1.98. The Labute approximate surface area is 126 Å². The number of halogens is 1. The zero-order valence-corrected chi connectivity index (χ0v) is 12.0. The molecular formula is C13H16ClN3O4. The zero-order chi connectivity index (χ0) is 15.2. The summed E-state index contributed by atoms with van der Waals surface area (Å²) in [5, 5.41) is 3.18. The van der Waals surface area contributed by atoms with Crippen molar-refractivity contribution < 1.29 is 19.1 Å². The van der Waals surface area contributed by atoms with Crippen LogP contribution in [-0.2, 0) is 14.3 Å². The van der Waals surface area contributed by atoms with Gasteiger partial charge in [0.25, 0.3) is 5.91 Å². The first-order valence-corrected chi connectivity index (χ1v) is 6.83. The van der Waals surface area contributed by atoms with Crippen molar-refractivity contribution in [3.63, 3.8) is 0 Å². The number of nitrogens with zero attached hydrogens (tertiary/aromatic N) is 1. The lowest BCUT2D eigenvalue weighted by Gasteiger charge is -2.31. The molecule has 0 bridgehead atoms. The maximum atomic E-state index is 12.1. The first-order valence-electron chi connectivity index (χ1n) is 6.45. The Kier molecular flexibility index (Phi) is 5.49. The molecule has 1 saturated heterocycles. The van der Waals surface area contributed by atoms with E-state index in [1.165, 1.54) is 18.5 Å². The molecule has 0 unspecified atom stereocenters. The molecule has 1 aromatic heterocycles. The number of nitrogens with one attached hydrogen (secondary N) is 1. The van der Waals surface area contributed by atoms with E-state index >= 15 is 0 Å². The second-order valence-electron chi connectivity index (χ2n) is 4.65. The highest BCUT2D eigenvalue weighted by molar-refractivity contribution is 6.30. The SMILES string of the molecule is NC(=O)CO[C@@H]1CCOC[C@@H]1NC(=O)c1cncc(Cl)c1. The quantitative estimate of drug-likeness (QED) is 0.804. The number of primary amides is 1. The number of amides is 2. The molecule has 2 atom stereocenters. The van der Waals surface area contributed by atoms with Gasteiger partial charge in [-0.25, -0.2) is 0 Å². The van der Waals surface area contributed by atoms with Gasteiger partial charge in [0.1, 0.15) is 6.61 Å². The molecule has 0 aliphatic carbocycles. The highest BCUT2D eigenvalue weighted by atomic mass is 35.5. The van der Waals surface area contributed by atoms with E-state index in [1.807, 2.05) is 0 Å². The molecule has 2 amide bonds. The van der Waals surface area contributed by atoms with Crippen molar-refractivity contribution in [3.8, 4) is 0 Å². The number of ether oxygens (including phenoxy) is 2. The van der Waals surface area contributed by atoms with Gasteiger partial charge in [0, 0.05) is 19.0 Å². The Morgan fingerprint density at radius 2 is 2.33 bits per heavy atom. The van der Waals surface area contributed by atoms with Crippen LogP contribution in [0.5, 0.6) is 0 Å². The number of carbonyl (C=O) groups excluding carboxylic acids is 2. The molecule has 21 heavy (non-hydrogen) atoms. The summed E-state index contributed by atoms with van der Waals surface area (Å²) < 4.78 is 10.7. The van der Waals surface area contributed by atoms with Gasteiger partial charge in [-0.15, -0.1) is 0 Å². The highest BCUT2D eigenvalue weighted by Crippen LogP contribution is 2.14. The summed E-state index contributed by atoms with van der Waals surface area (Å²) in [4.78, 5) is 26.8. The number of nitrogens with two attached hydrogens (primary N) is 1. The predicted octanol–water partition coefficient (Wildman–Crippen LogP) is 0.124. The summed E-state index contributed by atoms with van der Waals surface area (Å²) in [6.07, 6.45) is 3.12. The zero-order valence-electron chi connectivity index (χ0n) is 11.3. The maximum absolute atomic E-state index is 12.1. The Morgan fingerprint density at radius 3 is 3.05 bits per heavy atom. The molecule has 0 saturated carbocycles. The minimum Gasteiger partial charge on any atom is -0.379 e. The van der Waals surface area contributed by atoms with Crippen LogP contribution in [0.1, 0.15) is 16.8 Å². The molecule has 2 heterocycles. The number of aromatic nitrogens is 1. The van der Waals surface area contributed by atoms with Crippen LogP contribution in [0.4, 0.5) is 0 Å². The fourth-order valence-corrected chi connectivity index (χ4v) is 2.20. The number of carbonyl (C=O) groups is 2. The van der Waals surface area contributed by atoms with Crippen molar-refractivity contribution in [2.75, 3.05) is 19.8 Å². The second kappa shape index (κ2) is 7.35. The van der Waals surface area contributed by atoms with E-state index in [-0.39, 0.29) is 24.7 Å². The molecule has 0 spiro atoms. The Hall–Kier alpha value is -1.70. The standard InChI is InChI=1S/C13H16ClN3O4/c14-9-3-8(4-16-5-9)13(19)17-10-6-20-2-1-11(10)21-7-12(15)18/h3-5,10-11H,1-2,6-7H2,(H2,15,18)(H,17,19)/t10-,11+/m0/s1. The first kappa shape index (κ1) is 15.7. The van der Waals surface area contributed by atoms with Crippen LogP contribution < -0.4 is 11.1 Å². The fraction of sp³-hybridized carbons (Fsp3) is 0.462. The predicted molar refractivity (Wildman–Crippen MR) is 74.9 cm³/mol. The van der Waals surface area contributed by atoms with E-state index < -0.39 is 5.91 Å². The van der Waals surface area contributed by atoms with Gasteiger partial charge >= 0.3 is 0 Å². The normalized spacial score (nSPS) is 21.8. The largest absolute Gasteiger partial charge is 0.379 e. The van der Waals surface area contributed by atoms with Gasteiger partial charge in [0.05, 0.1) is 29.3 Å². The highest BCUT2D eigenvalue weighted by Gasteiger charge is 2.28. The van der Waals surface area contributed by atoms with Gasteiger partial charge in [0.2, 0.25) is 5.91 Å². The van der Waals surface area contributed by atoms with Crippen LogP contribution in [0.2, 0.25) is 5.02 Å². The number of hydrogen-bond donors (Lipinski definition) is 2. The smallest absolute Gasteiger partial charge is 0.253 e. The van der Waals surface area contributed by atoms with Crippen molar-refractivity contribution in [1.82, 2.24) is 10.3 Å². The van der Waals surface area contributed by atoms with Gasteiger partial charge in [-0.1, -0.05) is 11.6 Å². The topological polar surface area (TPSA) is 104 Å². The van der Waals surface area contributed by atoms with Gasteiger partial charge in [-0.3, -0.25) is 14.6 Å². The van der Waals surface area contributed by atoms with Gasteiger partial charge < -0.3 is 20.5 Å². The Bertz CT molecular complexity index is 526. The minimum atomic E-state index is -0.550. The molecule has 114 valence electrons. The van der Waals surface area contributed by atoms with Crippen LogP contribution in [0.25, 0.3) is 0 Å². The van der Waals surface area contributed by atoms with Gasteiger partial charge in [0.15, 0.2) is 0 Å². The van der Waals surface area contributed by atoms with Crippen molar-refractivity contribution >= 4 is 23.4 Å². The minimum absolute atomic E-state index is 0.185. The fourth-order valence-electron chi connectivity index (χ4n) is 2.03. The van der Waals surface area contributed by atoms with Crippen LogP contribution in [0.3, 0.4) is 0 Å². The van der Waals surface area contributed by atoms with Crippen molar-refractivity contribution in [1.29, 1.82) is 0 Å². The lowest BCUT2D eigenvalue weighted by Crippen LogP contribution is -2.51. The summed E-state index contributed by atoms with van der Waals surface area (Å²) in [6.45, 7) is 0.632. The lowest BCUT2D eigenvalue weighted by atomic mass is 10.1. The van der Waals surface area contributed by atoms with Gasteiger partial charge in [-0.2, -0.15) is 0 Å². The third-order valence-corrected chi connectivity index (χ3v) is 3.22. The molecule has 0 aromatic carbocycles. The Morgan fingerprint density at radius 1 is 1.52 bits per heavy atom. The average molecular weight is 314 g/mol. The van der Waals surface area contributed by atoms with E-state index in [1.54, 1.807) is 0 Å². The summed E-state index contributed by atoms with van der Waals surface area (Å²) in [5.74, 6) is -0.876. The third-order valence-electron chi connectivity index (χ3n) is 3.02. The first-order chi connectivity index (χ1) is 10.1. The molecule has 3 N–H and O–H groups in total. The van der Waals surface area contributed by atoms with Gasteiger partial charge in [-0.05, 0) is 12.5 Å². The molecule has 8 heteroatoms. The van der Waals surface area contributed by atoms with Crippen LogP contribution >= 0.6 is 11.6 Å². The van der Waals surface area contributed by atoms with Crippen molar-refractivity contribution in [2.24, 2.45) is 5.73 Å². The molecule has 2 rings (SSSR count). The van der Waals surface area contributed by atoms with Crippen LogP contribution in [0.15, 0.2) is 18.5 Å². The summed E-state index contributed by atoms with van der Waals surface area (Å²) in [7, 11) is 0. The molecular weight excluding hydrogens is 298 g/mol. The van der Waals surface area contributed by atoms with E-state index in [4.69, 9.17) is 26.8 Å². The molecule has 1 fully saturated rings. The molecule has 1 aliphatic heterocycles. The molecule has 1 aliphatic rings. The molecule has 0 radical (unpaired) electrons. The molecule has 1 aromatic rings. The summed E-state index contributed by atoms with van der Waals surface area (Å²) >= 11 is 5.80. The summed E-state index contributed by atoms with van der Waals surface area (Å²) in [5.41, 5.74) is 5.41. The third kappa shape index (κ3) is 4.66. The number of pyridine rings is 1. The van der Waals surface area contributed by atoms with Crippen molar-refractivity contribution in [2.45, 2.75) is 18.6 Å². The number of hydrogen-bond acceptors (Lipinski definition) is 5.